The SMILES string of the molecule is CCCN(CC(=O)N(Cc1ccccc1)Cc1sccc1C)C(=O)Nc1ccccc1Br. The Kier molecular flexibility index (Phi) is 8.88. The van der Waals surface area contributed by atoms with Gasteiger partial charge in [-0.3, -0.25) is 4.79 Å². The number of amides is 3. The molecule has 7 heteroatoms. The largest absolute Gasteiger partial charge is 0.332 e. The first-order valence-corrected chi connectivity index (χ1v) is 12.3. The molecule has 0 aliphatic carbocycles. The molecular formula is C25H28BrN3O2S. The Morgan fingerprint density at radius 1 is 0.969 bits per heavy atom. The number of hydrogen-bond acceptors (Lipinski definition) is 3. The third-order valence-electron chi connectivity index (χ3n) is 5.09. The first kappa shape index (κ1) is 24.0. The van der Waals surface area contributed by atoms with Crippen molar-refractivity contribution in [1.82, 2.24) is 9.80 Å². The van der Waals surface area contributed by atoms with E-state index in [-0.39, 0.29) is 18.5 Å². The Hall–Kier alpha value is -2.64. The summed E-state index contributed by atoms with van der Waals surface area (Å²) in [5.41, 5.74) is 2.93. The predicted octanol–water partition coefficient (Wildman–Crippen LogP) is 6.29. The lowest BCUT2D eigenvalue weighted by Gasteiger charge is -2.28. The maximum atomic E-state index is 13.4. The number of aryl methyl sites for hydroxylation is 1. The average molecular weight is 514 g/mol. The van der Waals surface area contributed by atoms with Crippen LogP contribution < -0.4 is 5.32 Å². The molecule has 1 N–H and O–H groups in total. The van der Waals surface area contributed by atoms with Gasteiger partial charge in [-0.2, -0.15) is 0 Å². The van der Waals surface area contributed by atoms with Crippen molar-refractivity contribution in [3.63, 3.8) is 0 Å². The maximum absolute atomic E-state index is 13.4. The highest BCUT2D eigenvalue weighted by molar-refractivity contribution is 9.10. The van der Waals surface area contributed by atoms with Gasteiger partial charge in [0, 0.05) is 22.4 Å². The summed E-state index contributed by atoms with van der Waals surface area (Å²) in [7, 11) is 0. The number of thiophene rings is 1. The van der Waals surface area contributed by atoms with Gasteiger partial charge in [0.25, 0.3) is 0 Å². The van der Waals surface area contributed by atoms with Crippen molar-refractivity contribution >= 4 is 44.9 Å². The topological polar surface area (TPSA) is 52.7 Å². The van der Waals surface area contributed by atoms with Crippen LogP contribution in [0, 0.1) is 6.92 Å². The molecule has 0 saturated carbocycles. The number of urea groups is 1. The van der Waals surface area contributed by atoms with Gasteiger partial charge < -0.3 is 15.1 Å². The number of carbonyl (C=O) groups excluding carboxylic acids is 2. The quantitative estimate of drug-likeness (QED) is 0.365. The summed E-state index contributed by atoms with van der Waals surface area (Å²) in [5, 5.41) is 4.96. The number of halogens is 1. The van der Waals surface area contributed by atoms with Crippen LogP contribution in [0.5, 0.6) is 0 Å². The van der Waals surface area contributed by atoms with E-state index in [9.17, 15) is 9.59 Å². The minimum absolute atomic E-state index is 0.0291. The van der Waals surface area contributed by atoms with Crippen molar-refractivity contribution in [3.05, 3.63) is 86.5 Å². The second kappa shape index (κ2) is 11.8. The van der Waals surface area contributed by atoms with E-state index in [1.807, 2.05) is 71.8 Å². The molecule has 0 atom stereocenters. The molecule has 1 heterocycles. The number of rotatable bonds is 9. The van der Waals surface area contributed by atoms with E-state index in [4.69, 9.17) is 0 Å². The summed E-state index contributed by atoms with van der Waals surface area (Å²) in [6, 6.07) is 19.2. The normalized spacial score (nSPS) is 10.6. The van der Waals surface area contributed by atoms with Crippen LogP contribution in [0.1, 0.15) is 29.3 Å². The number of benzene rings is 2. The molecule has 0 aliphatic rings. The van der Waals surface area contributed by atoms with Crippen molar-refractivity contribution < 1.29 is 9.59 Å². The molecule has 0 fully saturated rings. The van der Waals surface area contributed by atoms with Crippen LogP contribution in [0.2, 0.25) is 0 Å². The standard InChI is InChI=1S/C25H28BrN3O2S/c1-3-14-28(25(31)27-22-12-8-7-11-21(22)26)18-24(30)29(16-20-9-5-4-6-10-20)17-23-19(2)13-15-32-23/h4-13,15H,3,14,16-18H2,1-2H3,(H,27,31). The second-order valence-corrected chi connectivity index (χ2v) is 9.45. The fourth-order valence-corrected chi connectivity index (χ4v) is 4.62. The first-order valence-electron chi connectivity index (χ1n) is 10.6. The van der Waals surface area contributed by atoms with Crippen LogP contribution >= 0.6 is 27.3 Å². The molecule has 0 aliphatic heterocycles. The Labute approximate surface area is 202 Å². The molecule has 5 nitrogen and oxygen atoms in total. The summed E-state index contributed by atoms with van der Waals surface area (Å²) >= 11 is 5.11. The van der Waals surface area contributed by atoms with E-state index in [0.717, 1.165) is 21.3 Å². The van der Waals surface area contributed by atoms with Gasteiger partial charge in [-0.25, -0.2) is 4.79 Å². The van der Waals surface area contributed by atoms with Crippen LogP contribution in [0.15, 0.2) is 70.5 Å². The fourth-order valence-electron chi connectivity index (χ4n) is 3.32. The van der Waals surface area contributed by atoms with E-state index >= 15 is 0 Å². The third kappa shape index (κ3) is 6.68. The van der Waals surface area contributed by atoms with Gasteiger partial charge in [-0.15, -0.1) is 11.3 Å². The predicted molar refractivity (Wildman–Crippen MR) is 135 cm³/mol. The Morgan fingerprint density at radius 2 is 1.69 bits per heavy atom. The minimum Gasteiger partial charge on any atom is -0.332 e. The van der Waals surface area contributed by atoms with Gasteiger partial charge in [0.15, 0.2) is 0 Å². The van der Waals surface area contributed by atoms with Gasteiger partial charge in [0.05, 0.1) is 12.2 Å². The highest BCUT2D eigenvalue weighted by Crippen LogP contribution is 2.22. The molecule has 0 bridgehead atoms. The van der Waals surface area contributed by atoms with Crippen LogP contribution in [0.4, 0.5) is 10.5 Å². The number of para-hydroxylation sites is 1. The van der Waals surface area contributed by atoms with Crippen LogP contribution in [0.25, 0.3) is 0 Å². The zero-order valence-corrected chi connectivity index (χ0v) is 20.8. The van der Waals surface area contributed by atoms with E-state index in [0.29, 0.717) is 25.3 Å². The first-order chi connectivity index (χ1) is 15.5. The highest BCUT2D eigenvalue weighted by atomic mass is 79.9. The lowest BCUT2D eigenvalue weighted by Crippen LogP contribution is -2.44. The molecular weight excluding hydrogens is 486 g/mol. The van der Waals surface area contributed by atoms with Gasteiger partial charge in [-0.1, -0.05) is 49.4 Å². The van der Waals surface area contributed by atoms with E-state index in [2.05, 4.69) is 34.2 Å². The van der Waals surface area contributed by atoms with E-state index in [1.54, 1.807) is 16.2 Å². The molecule has 0 spiro atoms. The zero-order chi connectivity index (χ0) is 22.9. The molecule has 0 saturated heterocycles. The maximum Gasteiger partial charge on any atom is 0.322 e. The molecule has 2 aromatic carbocycles. The summed E-state index contributed by atoms with van der Waals surface area (Å²) in [4.78, 5) is 30.9. The molecule has 32 heavy (non-hydrogen) atoms. The lowest BCUT2D eigenvalue weighted by atomic mass is 10.2. The molecule has 3 amide bonds. The highest BCUT2D eigenvalue weighted by Gasteiger charge is 2.22. The van der Waals surface area contributed by atoms with Gasteiger partial charge in [-0.05, 0) is 64.0 Å². The molecule has 3 rings (SSSR count). The third-order valence-corrected chi connectivity index (χ3v) is 6.79. The van der Waals surface area contributed by atoms with Crippen molar-refractivity contribution in [3.8, 4) is 0 Å². The fraction of sp³-hybridized carbons (Fsp3) is 0.280. The molecule has 0 unspecified atom stereocenters. The second-order valence-electron chi connectivity index (χ2n) is 7.59. The summed E-state index contributed by atoms with van der Waals surface area (Å²) in [5.74, 6) is -0.0719. The number of nitrogens with one attached hydrogen (secondary N) is 1. The number of nitrogens with zero attached hydrogens (tertiary/aromatic N) is 2. The lowest BCUT2D eigenvalue weighted by molar-refractivity contribution is -0.133. The van der Waals surface area contributed by atoms with E-state index in [1.165, 1.54) is 5.56 Å². The molecule has 168 valence electrons. The molecule has 3 aromatic rings. The van der Waals surface area contributed by atoms with Gasteiger partial charge >= 0.3 is 6.03 Å². The Bertz CT molecular complexity index is 1040. The number of hydrogen-bond donors (Lipinski definition) is 1. The molecule has 0 radical (unpaired) electrons. The van der Waals surface area contributed by atoms with Gasteiger partial charge in [0.2, 0.25) is 5.91 Å². The zero-order valence-electron chi connectivity index (χ0n) is 18.4. The van der Waals surface area contributed by atoms with E-state index < -0.39 is 0 Å². The summed E-state index contributed by atoms with van der Waals surface area (Å²) < 4.78 is 0.801. The summed E-state index contributed by atoms with van der Waals surface area (Å²) in [6.45, 7) is 5.62. The Morgan fingerprint density at radius 3 is 2.34 bits per heavy atom. The van der Waals surface area contributed by atoms with Crippen LogP contribution in [-0.4, -0.2) is 34.8 Å². The Balaban J connectivity index is 1.75. The van der Waals surface area contributed by atoms with Crippen molar-refractivity contribution in [1.29, 1.82) is 0 Å². The minimum atomic E-state index is -0.279. The van der Waals surface area contributed by atoms with Crippen LogP contribution in [0.3, 0.4) is 0 Å². The van der Waals surface area contributed by atoms with Crippen molar-refractivity contribution in [2.45, 2.75) is 33.4 Å². The van der Waals surface area contributed by atoms with Gasteiger partial charge in [0.1, 0.15) is 6.54 Å². The van der Waals surface area contributed by atoms with Crippen LogP contribution in [-0.2, 0) is 17.9 Å². The smallest absolute Gasteiger partial charge is 0.322 e. The number of carbonyl (C=O) groups is 2. The monoisotopic (exact) mass is 513 g/mol. The van der Waals surface area contributed by atoms with Crippen molar-refractivity contribution in [2.24, 2.45) is 0 Å². The number of anilines is 1. The molecule has 1 aromatic heterocycles. The average Bonchev–Trinajstić information content (AvgIpc) is 3.19. The summed E-state index contributed by atoms with van der Waals surface area (Å²) in [6.07, 6.45) is 0.763. The van der Waals surface area contributed by atoms with Crippen molar-refractivity contribution in [2.75, 3.05) is 18.4 Å².